The molecule has 0 saturated heterocycles. The number of hydrogen-bond donors (Lipinski definition) is 2. The molecule has 0 spiro atoms. The molecular weight excluding hydrogens is 538 g/mol. The summed E-state index contributed by atoms with van der Waals surface area (Å²) in [4.78, 5) is 25.6. The number of aliphatic hydroxyl groups excluding tert-OH is 1. The highest BCUT2D eigenvalue weighted by molar-refractivity contribution is 5.95. The number of carbonyl (C=O) groups is 2. The van der Waals surface area contributed by atoms with Crippen LogP contribution >= 0.6 is 0 Å². The first-order valence-corrected chi connectivity index (χ1v) is 16.6. The van der Waals surface area contributed by atoms with Gasteiger partial charge in [0, 0.05) is 5.57 Å². The second-order valence-electron chi connectivity index (χ2n) is 14.5. The van der Waals surface area contributed by atoms with Crippen molar-refractivity contribution in [2.75, 3.05) is 14.2 Å². The van der Waals surface area contributed by atoms with Gasteiger partial charge in [0.1, 0.15) is 5.75 Å². The normalized spacial score (nSPS) is 33.5. The van der Waals surface area contributed by atoms with Gasteiger partial charge in [-0.1, -0.05) is 50.1 Å². The Morgan fingerprint density at radius 2 is 1.81 bits per heavy atom. The molecule has 0 radical (unpaired) electrons. The lowest BCUT2D eigenvalue weighted by atomic mass is 9.49. The SMILES string of the molecule is COC(=O)[C@@H](NC(=O)/C(C)=C/CC[C@@H](C)[C@H]1CCC2=C3CC[C@H]4C[C@@H](O)CC[C@]4(C)[C@H]3CC[C@@]21C)c1ccc(OC)cc1. The summed E-state index contributed by atoms with van der Waals surface area (Å²) in [5.74, 6) is 2.57. The van der Waals surface area contributed by atoms with Crippen LogP contribution in [0.3, 0.4) is 0 Å². The fourth-order valence-corrected chi connectivity index (χ4v) is 9.71. The predicted octanol–water partition coefficient (Wildman–Crippen LogP) is 7.47. The molecule has 0 heterocycles. The van der Waals surface area contributed by atoms with Crippen LogP contribution < -0.4 is 10.1 Å². The summed E-state index contributed by atoms with van der Waals surface area (Å²) in [6, 6.07) is 6.21. The first-order chi connectivity index (χ1) is 20.5. The summed E-state index contributed by atoms with van der Waals surface area (Å²) >= 11 is 0. The van der Waals surface area contributed by atoms with Crippen LogP contribution in [0, 0.1) is 34.5 Å². The molecular formula is C37H53NO5. The van der Waals surface area contributed by atoms with Crippen LogP contribution in [0.15, 0.2) is 47.1 Å². The molecule has 8 atom stereocenters. The fraction of sp³-hybridized carbons (Fsp3) is 0.676. The first-order valence-electron chi connectivity index (χ1n) is 16.6. The number of benzene rings is 1. The third kappa shape index (κ3) is 6.06. The molecule has 1 aromatic carbocycles. The van der Waals surface area contributed by atoms with Crippen molar-refractivity contribution in [2.45, 2.75) is 110 Å². The Bertz CT molecular complexity index is 1250. The van der Waals surface area contributed by atoms with Crippen molar-refractivity contribution < 1.29 is 24.2 Å². The van der Waals surface area contributed by atoms with Gasteiger partial charge in [0.05, 0.1) is 20.3 Å². The van der Waals surface area contributed by atoms with Crippen LogP contribution in [-0.2, 0) is 14.3 Å². The third-order valence-electron chi connectivity index (χ3n) is 12.3. The molecule has 43 heavy (non-hydrogen) atoms. The Balaban J connectivity index is 1.21. The molecule has 1 amide bonds. The van der Waals surface area contributed by atoms with Crippen molar-refractivity contribution >= 4 is 11.9 Å². The Hall–Kier alpha value is -2.60. The van der Waals surface area contributed by atoms with Gasteiger partial charge < -0.3 is 19.9 Å². The summed E-state index contributed by atoms with van der Waals surface area (Å²) in [7, 11) is 2.92. The minimum Gasteiger partial charge on any atom is -0.497 e. The van der Waals surface area contributed by atoms with E-state index in [4.69, 9.17) is 9.47 Å². The summed E-state index contributed by atoms with van der Waals surface area (Å²) in [6.07, 6.45) is 14.6. The van der Waals surface area contributed by atoms with E-state index in [0.29, 0.717) is 51.4 Å². The molecule has 0 bridgehead atoms. The number of esters is 1. The molecule has 1 aromatic rings. The molecule has 6 nitrogen and oxygen atoms in total. The summed E-state index contributed by atoms with van der Waals surface area (Å²) < 4.78 is 10.2. The zero-order chi connectivity index (χ0) is 30.9. The van der Waals surface area contributed by atoms with Gasteiger partial charge in [-0.15, -0.1) is 0 Å². The average molecular weight is 592 g/mol. The first kappa shape index (κ1) is 31.8. The minimum absolute atomic E-state index is 0.0932. The van der Waals surface area contributed by atoms with E-state index in [1.807, 2.05) is 18.6 Å². The maximum Gasteiger partial charge on any atom is 0.333 e. The van der Waals surface area contributed by atoms with Crippen LogP contribution in [0.25, 0.3) is 0 Å². The molecule has 236 valence electrons. The van der Waals surface area contributed by atoms with E-state index in [1.165, 1.54) is 52.1 Å². The van der Waals surface area contributed by atoms with Crippen molar-refractivity contribution in [3.8, 4) is 5.75 Å². The second-order valence-corrected chi connectivity index (χ2v) is 14.5. The molecule has 2 N–H and O–H groups in total. The molecule has 4 aliphatic rings. The average Bonchev–Trinajstić information content (AvgIpc) is 3.37. The van der Waals surface area contributed by atoms with Gasteiger partial charge in [0.2, 0.25) is 5.91 Å². The molecule has 0 aromatic heterocycles. The summed E-state index contributed by atoms with van der Waals surface area (Å²) in [6.45, 7) is 9.33. The molecule has 4 aliphatic carbocycles. The standard InChI is InChI=1S/C37H53NO5/c1-23(8-7-9-24(2)34(40)38-33(35(41)43-6)25-10-13-28(42-5)14-11-25)30-16-17-31-29-15-12-26-22-27(39)18-20-36(26,3)32(29)19-21-37(30,31)4/h9-11,13-14,23,26-27,30,32-33,39H,7-8,12,15-22H2,1-6H3,(H,38,40)/b24-9+/t23-,26+,27+,30-,32+,33+,36+,37-/m1/s1. The highest BCUT2D eigenvalue weighted by Gasteiger charge is 2.55. The van der Waals surface area contributed by atoms with Crippen LogP contribution in [0.5, 0.6) is 5.75 Å². The van der Waals surface area contributed by atoms with Crippen molar-refractivity contribution in [1.29, 1.82) is 0 Å². The van der Waals surface area contributed by atoms with E-state index in [2.05, 4.69) is 26.1 Å². The molecule has 5 rings (SSSR count). The molecule has 0 unspecified atom stereocenters. The number of hydrogen-bond acceptors (Lipinski definition) is 5. The van der Waals surface area contributed by atoms with Gasteiger partial charge in [0.25, 0.3) is 0 Å². The van der Waals surface area contributed by atoms with Crippen LogP contribution in [0.2, 0.25) is 0 Å². The number of rotatable bonds is 9. The van der Waals surface area contributed by atoms with E-state index >= 15 is 0 Å². The van der Waals surface area contributed by atoms with E-state index in [9.17, 15) is 14.7 Å². The number of methoxy groups -OCH3 is 2. The number of amides is 1. The van der Waals surface area contributed by atoms with E-state index in [0.717, 1.165) is 25.7 Å². The van der Waals surface area contributed by atoms with Crippen LogP contribution in [-0.4, -0.2) is 37.3 Å². The number of aliphatic hydroxyl groups is 1. The Morgan fingerprint density at radius 3 is 2.51 bits per heavy atom. The highest BCUT2D eigenvalue weighted by Crippen LogP contribution is 2.65. The lowest BCUT2D eigenvalue weighted by Gasteiger charge is -2.56. The quantitative estimate of drug-likeness (QED) is 0.177. The monoisotopic (exact) mass is 591 g/mol. The number of nitrogens with one attached hydrogen (secondary N) is 1. The lowest BCUT2D eigenvalue weighted by molar-refractivity contribution is -0.144. The Labute approximate surface area is 258 Å². The Kier molecular flexibility index (Phi) is 9.46. The van der Waals surface area contributed by atoms with Crippen molar-refractivity contribution in [3.63, 3.8) is 0 Å². The van der Waals surface area contributed by atoms with E-state index in [1.54, 1.807) is 36.9 Å². The maximum absolute atomic E-state index is 13.1. The highest BCUT2D eigenvalue weighted by atomic mass is 16.5. The molecule has 0 aliphatic heterocycles. The molecule has 3 saturated carbocycles. The molecule has 6 heteroatoms. The maximum atomic E-state index is 13.1. The largest absolute Gasteiger partial charge is 0.497 e. The zero-order valence-corrected chi connectivity index (χ0v) is 27.2. The van der Waals surface area contributed by atoms with Crippen LogP contribution in [0.4, 0.5) is 0 Å². The van der Waals surface area contributed by atoms with Gasteiger partial charge in [-0.05, 0) is 130 Å². The lowest BCUT2D eigenvalue weighted by Crippen LogP contribution is -2.48. The fourth-order valence-electron chi connectivity index (χ4n) is 9.71. The number of carbonyl (C=O) groups excluding carboxylic acids is 2. The topological polar surface area (TPSA) is 84.9 Å². The van der Waals surface area contributed by atoms with E-state index in [-0.39, 0.29) is 12.0 Å². The van der Waals surface area contributed by atoms with Crippen molar-refractivity contribution in [2.24, 2.45) is 34.5 Å². The Morgan fingerprint density at radius 1 is 1.07 bits per heavy atom. The number of allylic oxidation sites excluding steroid dienone is 3. The van der Waals surface area contributed by atoms with E-state index < -0.39 is 12.0 Å². The third-order valence-corrected chi connectivity index (χ3v) is 12.3. The number of ether oxygens (including phenoxy) is 2. The van der Waals surface area contributed by atoms with Gasteiger partial charge in [0.15, 0.2) is 6.04 Å². The smallest absolute Gasteiger partial charge is 0.333 e. The van der Waals surface area contributed by atoms with Crippen molar-refractivity contribution in [1.82, 2.24) is 5.32 Å². The van der Waals surface area contributed by atoms with Gasteiger partial charge in [-0.3, -0.25) is 4.79 Å². The van der Waals surface area contributed by atoms with Gasteiger partial charge in [-0.2, -0.15) is 0 Å². The zero-order valence-electron chi connectivity index (χ0n) is 27.2. The van der Waals surface area contributed by atoms with Gasteiger partial charge >= 0.3 is 5.97 Å². The minimum atomic E-state index is -0.873. The van der Waals surface area contributed by atoms with Gasteiger partial charge in [-0.25, -0.2) is 4.79 Å². The second kappa shape index (κ2) is 12.8. The molecule has 3 fully saturated rings. The van der Waals surface area contributed by atoms with Crippen molar-refractivity contribution in [3.05, 3.63) is 52.6 Å². The number of fused-ring (bicyclic) bond motifs is 4. The predicted molar refractivity (Wildman–Crippen MR) is 169 cm³/mol. The summed E-state index contributed by atoms with van der Waals surface area (Å²) in [5, 5.41) is 13.2. The summed E-state index contributed by atoms with van der Waals surface area (Å²) in [5.41, 5.74) is 5.55. The van der Waals surface area contributed by atoms with Crippen LogP contribution in [0.1, 0.15) is 110 Å².